The third kappa shape index (κ3) is 10.7. The number of ether oxygens (including phenoxy) is 2. The van der Waals surface area contributed by atoms with Crippen molar-refractivity contribution in [1.29, 1.82) is 0 Å². The molecule has 7 atom stereocenters. The highest BCUT2D eigenvalue weighted by Gasteiger charge is 2.46. The number of aryl methyl sites for hydroxylation is 2. The zero-order valence-electron chi connectivity index (χ0n) is 33.6. The SMILES string of the molecule is Cc1cn(C2CC(O)C(COP(=S)(OCCOP(=O)(N(C(C)C)C(C)C)N(C(C)C)C(C)C)OC3CC(n4cc(C)c(=O)[nH]c4=O)OC3CO)O2)c(=O)[nH]c1=O. The van der Waals surface area contributed by atoms with Crippen LogP contribution in [0.5, 0.6) is 0 Å². The van der Waals surface area contributed by atoms with Gasteiger partial charge in [0.2, 0.25) is 0 Å². The van der Waals surface area contributed by atoms with E-state index < -0.39 is 80.4 Å². The number of nitrogens with zero attached hydrogens (tertiary/aromatic N) is 4. The minimum atomic E-state index is -3.87. The molecule has 22 heteroatoms. The van der Waals surface area contributed by atoms with Crippen LogP contribution < -0.4 is 22.5 Å². The average Bonchev–Trinajstić information content (AvgIpc) is 3.66. The Kier molecular flexibility index (Phi) is 16.0. The largest absolute Gasteiger partial charge is 0.394 e. The van der Waals surface area contributed by atoms with E-state index in [4.69, 9.17) is 39.4 Å². The van der Waals surface area contributed by atoms with Gasteiger partial charge in [0.25, 0.3) is 11.1 Å². The van der Waals surface area contributed by atoms with Gasteiger partial charge in [0.1, 0.15) is 24.7 Å². The molecule has 2 aromatic heterocycles. The molecule has 2 fully saturated rings. The van der Waals surface area contributed by atoms with Gasteiger partial charge in [0.05, 0.1) is 38.6 Å². The fourth-order valence-corrected chi connectivity index (χ4v) is 12.4. The first-order valence-corrected chi connectivity index (χ1v) is 22.8. The van der Waals surface area contributed by atoms with Crippen LogP contribution in [0.25, 0.3) is 0 Å². The van der Waals surface area contributed by atoms with Crippen LogP contribution in [0.3, 0.4) is 0 Å². The second-order valence-corrected chi connectivity index (χ2v) is 20.2. The fourth-order valence-electron chi connectivity index (χ4n) is 7.13. The third-order valence-corrected chi connectivity index (χ3v) is 15.3. The maximum atomic E-state index is 15.0. The highest BCUT2D eigenvalue weighted by molar-refractivity contribution is 8.07. The molecule has 0 bridgehead atoms. The lowest BCUT2D eigenvalue weighted by Crippen LogP contribution is -2.45. The summed E-state index contributed by atoms with van der Waals surface area (Å²) in [6.45, 7) is 13.5. The smallest absolute Gasteiger partial charge is 0.347 e. The zero-order valence-corrected chi connectivity index (χ0v) is 36.3. The van der Waals surface area contributed by atoms with Crippen LogP contribution in [0.15, 0.2) is 31.6 Å². The van der Waals surface area contributed by atoms with Gasteiger partial charge in [-0.2, -0.15) is 0 Å². The van der Waals surface area contributed by atoms with Crippen molar-refractivity contribution in [3.63, 3.8) is 0 Å². The number of hydrogen-bond donors (Lipinski definition) is 4. The van der Waals surface area contributed by atoms with E-state index in [2.05, 4.69) is 9.97 Å². The summed E-state index contributed by atoms with van der Waals surface area (Å²) in [5.74, 6) is 0. The van der Waals surface area contributed by atoms with Crippen LogP contribution in [0.2, 0.25) is 0 Å². The Morgan fingerprint density at radius 1 is 0.786 bits per heavy atom. The molecule has 2 saturated heterocycles. The second-order valence-electron chi connectivity index (χ2n) is 15.1. The fraction of sp³-hybridized carbons (Fsp3) is 0.765. The number of aromatic amines is 2. The summed E-state index contributed by atoms with van der Waals surface area (Å²) in [6.07, 6.45) is -3.28. The molecule has 318 valence electrons. The van der Waals surface area contributed by atoms with Gasteiger partial charge in [-0.05, 0) is 81.0 Å². The molecule has 4 N–H and O–H groups in total. The molecule has 0 radical (unpaired) electrons. The quantitative estimate of drug-likeness (QED) is 0.118. The molecule has 7 unspecified atom stereocenters. The summed E-state index contributed by atoms with van der Waals surface area (Å²) < 4.78 is 57.9. The van der Waals surface area contributed by atoms with E-state index in [1.807, 2.05) is 64.7 Å². The maximum Gasteiger partial charge on any atom is 0.347 e. The summed E-state index contributed by atoms with van der Waals surface area (Å²) in [5, 5.41) is 21.2. The van der Waals surface area contributed by atoms with Crippen molar-refractivity contribution in [2.24, 2.45) is 0 Å². The molecule has 4 rings (SSSR count). The molecule has 2 aliphatic heterocycles. The number of aliphatic hydroxyl groups excluding tert-OH is 2. The van der Waals surface area contributed by atoms with Crippen LogP contribution >= 0.6 is 14.4 Å². The molecular formula is C34H58N6O13P2S. The van der Waals surface area contributed by atoms with Crippen LogP contribution in [0.1, 0.15) is 91.8 Å². The Bertz CT molecular complexity index is 1940. The van der Waals surface area contributed by atoms with E-state index >= 15 is 0 Å². The molecule has 0 amide bonds. The first kappa shape index (κ1) is 46.5. The van der Waals surface area contributed by atoms with E-state index in [0.29, 0.717) is 0 Å². The van der Waals surface area contributed by atoms with Crippen molar-refractivity contribution in [2.45, 2.75) is 143 Å². The monoisotopic (exact) mass is 852 g/mol. The summed E-state index contributed by atoms with van der Waals surface area (Å²) >= 11 is 5.90. The molecule has 4 heterocycles. The van der Waals surface area contributed by atoms with E-state index in [9.17, 15) is 34.0 Å². The van der Waals surface area contributed by atoms with Crippen LogP contribution in [-0.4, -0.2) is 114 Å². The van der Waals surface area contributed by atoms with Crippen LogP contribution in [0, 0.1) is 13.8 Å². The van der Waals surface area contributed by atoms with Crippen molar-refractivity contribution in [3.05, 3.63) is 65.2 Å². The van der Waals surface area contributed by atoms with Crippen molar-refractivity contribution in [1.82, 2.24) is 28.4 Å². The van der Waals surface area contributed by atoms with E-state index in [1.54, 1.807) is 0 Å². The molecular weight excluding hydrogens is 794 g/mol. The molecule has 2 aromatic rings. The first-order valence-electron chi connectivity index (χ1n) is 18.8. The molecule has 0 spiro atoms. The lowest BCUT2D eigenvalue weighted by atomic mass is 10.2. The average molecular weight is 853 g/mol. The number of aromatic nitrogens is 4. The van der Waals surface area contributed by atoms with E-state index in [-0.39, 0.29) is 68.0 Å². The van der Waals surface area contributed by atoms with Crippen molar-refractivity contribution in [3.8, 4) is 0 Å². The first-order chi connectivity index (χ1) is 26.1. The molecule has 0 aromatic carbocycles. The van der Waals surface area contributed by atoms with Gasteiger partial charge >= 0.3 is 25.8 Å². The molecule has 0 aliphatic carbocycles. The lowest BCUT2D eigenvalue weighted by molar-refractivity contribution is -0.0552. The summed E-state index contributed by atoms with van der Waals surface area (Å²) in [7, 11) is -3.66. The van der Waals surface area contributed by atoms with Gasteiger partial charge < -0.3 is 37.8 Å². The minimum absolute atomic E-state index is 0.00199. The molecule has 2 aliphatic rings. The Morgan fingerprint density at radius 2 is 1.23 bits per heavy atom. The summed E-state index contributed by atoms with van der Waals surface area (Å²) in [5.41, 5.74) is -1.98. The standard InChI is InChI=1S/C34H58N6O13P2S/c1-19(2)39(20(3)4)54(47,40(21(5)6)22(7)8)48-11-12-49-55(56,50-18-28-25(42)13-29(52-28)37-15-23(9)31(43)35-33(37)45)53-26-14-30(51-27(26)17-41)38-16-24(10)32(44)36-34(38)46/h15-16,19-22,25-30,41-42H,11-14,17-18H2,1-10H3,(H,35,43,45)(H,36,44,46). The second kappa shape index (κ2) is 19.3. The Morgan fingerprint density at radius 3 is 1.70 bits per heavy atom. The van der Waals surface area contributed by atoms with E-state index in [1.165, 1.54) is 35.4 Å². The molecule has 56 heavy (non-hydrogen) atoms. The third-order valence-electron chi connectivity index (χ3n) is 9.43. The predicted octanol–water partition coefficient (Wildman–Crippen LogP) is 2.64. The maximum absolute atomic E-state index is 15.0. The number of aliphatic hydroxyl groups is 2. The highest BCUT2D eigenvalue weighted by atomic mass is 32.5. The summed E-state index contributed by atoms with van der Waals surface area (Å²) in [6, 6.07) is -0.552. The Balaban J connectivity index is 1.59. The zero-order chi connectivity index (χ0) is 41.9. The van der Waals surface area contributed by atoms with Gasteiger partial charge in [0, 0.05) is 60.5 Å². The molecule has 0 saturated carbocycles. The lowest BCUT2D eigenvalue weighted by Gasteiger charge is -2.45. The number of rotatable bonds is 19. The minimum Gasteiger partial charge on any atom is -0.394 e. The van der Waals surface area contributed by atoms with Gasteiger partial charge in [0.15, 0.2) is 0 Å². The van der Waals surface area contributed by atoms with Gasteiger partial charge in [-0.15, -0.1) is 0 Å². The van der Waals surface area contributed by atoms with Crippen molar-refractivity contribution in [2.75, 3.05) is 26.4 Å². The number of nitrogens with one attached hydrogen (secondary N) is 2. The van der Waals surface area contributed by atoms with Gasteiger partial charge in [-0.3, -0.25) is 33.3 Å². The Hall–Kier alpha value is -2.16. The summed E-state index contributed by atoms with van der Waals surface area (Å²) in [4.78, 5) is 53.6. The topological polar surface area (TPSA) is 229 Å². The molecule has 19 nitrogen and oxygen atoms in total. The highest BCUT2D eigenvalue weighted by Crippen LogP contribution is 2.59. The van der Waals surface area contributed by atoms with Gasteiger partial charge in [-0.1, -0.05) is 0 Å². The van der Waals surface area contributed by atoms with Crippen molar-refractivity contribution < 1.29 is 42.3 Å². The Labute approximate surface area is 331 Å². The number of H-pyrrole nitrogens is 2. The van der Waals surface area contributed by atoms with Crippen LogP contribution in [0.4, 0.5) is 0 Å². The predicted molar refractivity (Wildman–Crippen MR) is 211 cm³/mol. The van der Waals surface area contributed by atoms with Crippen molar-refractivity contribution >= 4 is 26.2 Å². The van der Waals surface area contributed by atoms with Gasteiger partial charge in [-0.25, -0.2) is 18.9 Å². The van der Waals surface area contributed by atoms with E-state index in [0.717, 1.165) is 0 Å². The normalized spacial score (nSPS) is 24.5. The number of hydrogen-bond acceptors (Lipinski definition) is 14. The van der Waals surface area contributed by atoms with Crippen LogP contribution in [-0.2, 0) is 43.9 Å².